The van der Waals surface area contributed by atoms with Crippen molar-refractivity contribution in [2.24, 2.45) is 0 Å². The van der Waals surface area contributed by atoms with E-state index in [1.54, 1.807) is 0 Å². The summed E-state index contributed by atoms with van der Waals surface area (Å²) in [5, 5.41) is 16.7. The summed E-state index contributed by atoms with van der Waals surface area (Å²) in [6.45, 7) is 6.12. The number of hydrogen-bond donors (Lipinski definition) is 1. The quantitative estimate of drug-likeness (QED) is 0.800. The molecule has 1 N–H and O–H groups in total. The van der Waals surface area contributed by atoms with Crippen LogP contribution in [0, 0.1) is 0 Å². The number of nitrogens with zero attached hydrogens (tertiary/aromatic N) is 3. The molecule has 0 fully saturated rings. The van der Waals surface area contributed by atoms with Gasteiger partial charge < -0.3 is 5.11 Å². The van der Waals surface area contributed by atoms with Gasteiger partial charge in [0.1, 0.15) is 0 Å². The first-order chi connectivity index (χ1) is 7.10. The van der Waals surface area contributed by atoms with E-state index in [0.29, 0.717) is 5.69 Å². The van der Waals surface area contributed by atoms with Gasteiger partial charge in [0, 0.05) is 0 Å². The lowest BCUT2D eigenvalue weighted by Gasteiger charge is -2.11. The van der Waals surface area contributed by atoms with Crippen molar-refractivity contribution in [1.29, 1.82) is 0 Å². The average molecular weight is 211 g/mol. The maximum Gasteiger partial charge on any atom is 0.309 e. The van der Waals surface area contributed by atoms with Crippen molar-refractivity contribution < 1.29 is 9.90 Å². The van der Waals surface area contributed by atoms with Crippen molar-refractivity contribution in [3.63, 3.8) is 0 Å². The third-order valence-electron chi connectivity index (χ3n) is 2.53. The number of carbonyl (C=O) groups is 1. The molecule has 1 atom stereocenters. The normalized spacial score (nSPS) is 12.7. The molecular formula is C10H17N3O2. The highest BCUT2D eigenvalue weighted by Gasteiger charge is 2.16. The monoisotopic (exact) mass is 211 g/mol. The molecule has 1 unspecified atom stereocenters. The van der Waals surface area contributed by atoms with Crippen molar-refractivity contribution in [2.75, 3.05) is 0 Å². The van der Waals surface area contributed by atoms with Gasteiger partial charge in [-0.25, -0.2) is 4.68 Å². The maximum absolute atomic E-state index is 10.6. The molecule has 0 aliphatic rings. The van der Waals surface area contributed by atoms with Crippen LogP contribution in [-0.4, -0.2) is 26.1 Å². The lowest BCUT2D eigenvalue weighted by Crippen LogP contribution is -2.11. The molecule has 1 rings (SSSR count). The van der Waals surface area contributed by atoms with E-state index in [4.69, 9.17) is 5.11 Å². The van der Waals surface area contributed by atoms with Gasteiger partial charge in [-0.1, -0.05) is 19.1 Å². The second kappa shape index (κ2) is 4.91. The standard InChI is InChI=1S/C10H17N3O2/c1-4-7(3)13-9(5-2)8(11-12-13)6-10(14)15/h7H,4-6H2,1-3H3,(H,14,15). The van der Waals surface area contributed by atoms with Crippen LogP contribution in [-0.2, 0) is 17.6 Å². The molecule has 0 spiro atoms. The van der Waals surface area contributed by atoms with Gasteiger partial charge in [0.2, 0.25) is 0 Å². The molecule has 5 nitrogen and oxygen atoms in total. The largest absolute Gasteiger partial charge is 0.481 e. The van der Waals surface area contributed by atoms with Crippen LogP contribution in [0.1, 0.15) is 44.6 Å². The van der Waals surface area contributed by atoms with Gasteiger partial charge in [0.05, 0.1) is 23.9 Å². The highest BCUT2D eigenvalue weighted by Crippen LogP contribution is 2.15. The Hall–Kier alpha value is -1.39. The van der Waals surface area contributed by atoms with Gasteiger partial charge in [-0.15, -0.1) is 5.10 Å². The van der Waals surface area contributed by atoms with Gasteiger partial charge in [-0.05, 0) is 19.8 Å². The number of rotatable bonds is 5. The lowest BCUT2D eigenvalue weighted by atomic mass is 10.2. The predicted octanol–water partition coefficient (Wildman–Crippen LogP) is 1.44. The van der Waals surface area contributed by atoms with Gasteiger partial charge in [0.15, 0.2) is 0 Å². The summed E-state index contributed by atoms with van der Waals surface area (Å²) >= 11 is 0. The number of carboxylic acids is 1. The smallest absolute Gasteiger partial charge is 0.309 e. The van der Waals surface area contributed by atoms with Gasteiger partial charge in [-0.2, -0.15) is 0 Å². The van der Waals surface area contributed by atoms with E-state index in [0.717, 1.165) is 18.5 Å². The summed E-state index contributed by atoms with van der Waals surface area (Å²) in [6, 6.07) is 0.273. The second-order valence-electron chi connectivity index (χ2n) is 3.61. The van der Waals surface area contributed by atoms with Crippen molar-refractivity contribution in [1.82, 2.24) is 15.0 Å². The van der Waals surface area contributed by atoms with E-state index in [2.05, 4.69) is 24.2 Å². The summed E-state index contributed by atoms with van der Waals surface area (Å²) in [4.78, 5) is 10.6. The van der Waals surface area contributed by atoms with Crippen LogP contribution >= 0.6 is 0 Å². The Morgan fingerprint density at radius 2 is 2.20 bits per heavy atom. The summed E-state index contributed by atoms with van der Waals surface area (Å²) in [5.41, 5.74) is 1.53. The Labute approximate surface area is 89.1 Å². The Balaban J connectivity index is 2.99. The zero-order valence-corrected chi connectivity index (χ0v) is 9.40. The minimum absolute atomic E-state index is 0.0421. The Morgan fingerprint density at radius 1 is 1.53 bits per heavy atom. The van der Waals surface area contributed by atoms with Crippen LogP contribution in [0.4, 0.5) is 0 Å². The van der Waals surface area contributed by atoms with Crippen LogP contribution < -0.4 is 0 Å². The van der Waals surface area contributed by atoms with Crippen LogP contribution in [0.25, 0.3) is 0 Å². The van der Waals surface area contributed by atoms with Crippen LogP contribution in [0.15, 0.2) is 0 Å². The summed E-state index contributed by atoms with van der Waals surface area (Å²) in [7, 11) is 0. The van der Waals surface area contributed by atoms with Crippen LogP contribution in [0.3, 0.4) is 0 Å². The van der Waals surface area contributed by atoms with Crippen molar-refractivity contribution in [3.05, 3.63) is 11.4 Å². The first kappa shape index (κ1) is 11.7. The molecule has 0 aliphatic heterocycles. The zero-order valence-electron chi connectivity index (χ0n) is 9.40. The van der Waals surface area contributed by atoms with E-state index in [1.807, 2.05) is 11.6 Å². The molecule has 0 aliphatic carbocycles. The number of carboxylic acid groups (broad SMARTS) is 1. The van der Waals surface area contributed by atoms with E-state index in [9.17, 15) is 4.79 Å². The van der Waals surface area contributed by atoms with Gasteiger partial charge in [0.25, 0.3) is 0 Å². The topological polar surface area (TPSA) is 68.0 Å². The molecule has 0 saturated heterocycles. The highest BCUT2D eigenvalue weighted by molar-refractivity contribution is 5.69. The minimum Gasteiger partial charge on any atom is -0.481 e. The molecule has 5 heteroatoms. The number of hydrogen-bond acceptors (Lipinski definition) is 3. The molecular weight excluding hydrogens is 194 g/mol. The third-order valence-corrected chi connectivity index (χ3v) is 2.53. The van der Waals surface area contributed by atoms with Gasteiger partial charge in [-0.3, -0.25) is 4.79 Å². The summed E-state index contributed by atoms with van der Waals surface area (Å²) in [5.74, 6) is -0.860. The predicted molar refractivity (Wildman–Crippen MR) is 55.7 cm³/mol. The fourth-order valence-corrected chi connectivity index (χ4v) is 1.52. The van der Waals surface area contributed by atoms with E-state index >= 15 is 0 Å². The zero-order chi connectivity index (χ0) is 11.4. The highest BCUT2D eigenvalue weighted by atomic mass is 16.4. The fourth-order valence-electron chi connectivity index (χ4n) is 1.52. The Kier molecular flexibility index (Phi) is 3.82. The lowest BCUT2D eigenvalue weighted by molar-refractivity contribution is -0.136. The van der Waals surface area contributed by atoms with Crippen molar-refractivity contribution in [2.45, 2.75) is 46.1 Å². The molecule has 0 saturated carbocycles. The van der Waals surface area contributed by atoms with Crippen LogP contribution in [0.5, 0.6) is 0 Å². The van der Waals surface area contributed by atoms with Crippen molar-refractivity contribution in [3.8, 4) is 0 Å². The summed E-state index contributed by atoms with van der Waals surface area (Å²) < 4.78 is 1.83. The third kappa shape index (κ3) is 2.55. The first-order valence-corrected chi connectivity index (χ1v) is 5.24. The number of aliphatic carboxylic acids is 1. The molecule has 15 heavy (non-hydrogen) atoms. The van der Waals surface area contributed by atoms with E-state index in [1.165, 1.54) is 0 Å². The first-order valence-electron chi connectivity index (χ1n) is 5.24. The molecule has 0 radical (unpaired) electrons. The Bertz CT molecular complexity index is 346. The minimum atomic E-state index is -0.860. The molecule has 1 heterocycles. The van der Waals surface area contributed by atoms with E-state index in [-0.39, 0.29) is 12.5 Å². The van der Waals surface area contributed by atoms with E-state index < -0.39 is 5.97 Å². The Morgan fingerprint density at radius 3 is 2.67 bits per heavy atom. The molecule has 84 valence electrons. The molecule has 0 amide bonds. The SMILES string of the molecule is CCc1c(CC(=O)O)nnn1C(C)CC. The molecule has 1 aromatic rings. The van der Waals surface area contributed by atoms with Gasteiger partial charge >= 0.3 is 5.97 Å². The molecule has 0 bridgehead atoms. The maximum atomic E-state index is 10.6. The molecule has 1 aromatic heterocycles. The second-order valence-corrected chi connectivity index (χ2v) is 3.61. The molecule has 0 aromatic carbocycles. The average Bonchev–Trinajstić information content (AvgIpc) is 2.58. The van der Waals surface area contributed by atoms with Crippen molar-refractivity contribution >= 4 is 5.97 Å². The van der Waals surface area contributed by atoms with Crippen LogP contribution in [0.2, 0.25) is 0 Å². The summed E-state index contributed by atoms with van der Waals surface area (Å²) in [6.07, 6.45) is 1.68. The fraction of sp³-hybridized carbons (Fsp3) is 0.700. The number of aromatic nitrogens is 3.